The predicted octanol–water partition coefficient (Wildman–Crippen LogP) is 3.57. The molecule has 2 N–H and O–H groups in total. The van der Waals surface area contributed by atoms with E-state index in [1.807, 2.05) is 49.4 Å². The summed E-state index contributed by atoms with van der Waals surface area (Å²) in [6.45, 7) is 9.58. The van der Waals surface area contributed by atoms with E-state index in [1.165, 1.54) is 6.42 Å². The number of carbonyl (C=O) groups is 2. The summed E-state index contributed by atoms with van der Waals surface area (Å²) in [7, 11) is 0. The lowest BCUT2D eigenvalue weighted by Gasteiger charge is -2.36. The van der Waals surface area contributed by atoms with Crippen molar-refractivity contribution in [1.82, 2.24) is 15.5 Å². The summed E-state index contributed by atoms with van der Waals surface area (Å²) in [6.07, 6.45) is 1.27. The van der Waals surface area contributed by atoms with E-state index in [-0.39, 0.29) is 24.4 Å². The van der Waals surface area contributed by atoms with Gasteiger partial charge < -0.3 is 15.5 Å². The van der Waals surface area contributed by atoms with Gasteiger partial charge in [0.2, 0.25) is 5.91 Å². The number of nitrogens with one attached hydrogen (secondary N) is 2. The minimum Gasteiger partial charge on any atom is -0.351 e. The number of hydrogen-bond donors (Lipinski definition) is 2. The van der Waals surface area contributed by atoms with Crippen LogP contribution in [0, 0.1) is 11.8 Å². The lowest BCUT2D eigenvalue weighted by atomic mass is 9.92. The van der Waals surface area contributed by atoms with Gasteiger partial charge in [0.15, 0.2) is 0 Å². The van der Waals surface area contributed by atoms with Gasteiger partial charge in [-0.1, -0.05) is 56.3 Å². The van der Waals surface area contributed by atoms with Gasteiger partial charge in [-0.15, -0.1) is 0 Å². The van der Waals surface area contributed by atoms with Crippen molar-refractivity contribution in [2.45, 2.75) is 33.2 Å². The van der Waals surface area contributed by atoms with Gasteiger partial charge in [-0.2, -0.15) is 0 Å². The first-order valence-electron chi connectivity index (χ1n) is 10.9. The monoisotopic (exact) mass is 407 g/mol. The zero-order valence-corrected chi connectivity index (χ0v) is 18.2. The van der Waals surface area contributed by atoms with E-state index < -0.39 is 0 Å². The van der Waals surface area contributed by atoms with E-state index in [2.05, 4.69) is 29.4 Å². The second kappa shape index (κ2) is 10.4. The third kappa shape index (κ3) is 6.42. The lowest BCUT2D eigenvalue weighted by molar-refractivity contribution is -0.120. The molecule has 1 saturated heterocycles. The highest BCUT2D eigenvalue weighted by Crippen LogP contribution is 2.21. The van der Waals surface area contributed by atoms with Crippen LogP contribution in [-0.2, 0) is 4.79 Å². The van der Waals surface area contributed by atoms with Crippen molar-refractivity contribution in [3.63, 3.8) is 0 Å². The van der Waals surface area contributed by atoms with E-state index in [4.69, 9.17) is 0 Å². The number of benzene rings is 2. The van der Waals surface area contributed by atoms with E-state index >= 15 is 0 Å². The molecule has 30 heavy (non-hydrogen) atoms. The zero-order chi connectivity index (χ0) is 21.5. The van der Waals surface area contributed by atoms with E-state index in [0.717, 1.165) is 30.8 Å². The van der Waals surface area contributed by atoms with Crippen molar-refractivity contribution in [3.05, 3.63) is 60.2 Å². The number of nitrogens with zero attached hydrogens (tertiary/aromatic N) is 1. The summed E-state index contributed by atoms with van der Waals surface area (Å²) in [5, 5.41) is 5.72. The number of rotatable bonds is 7. The molecule has 0 spiro atoms. The largest absolute Gasteiger partial charge is 0.351 e. The highest BCUT2D eigenvalue weighted by molar-refractivity contribution is 5.96. The molecule has 1 aliphatic heterocycles. The molecule has 0 aromatic heterocycles. The van der Waals surface area contributed by atoms with Gasteiger partial charge in [-0.3, -0.25) is 9.59 Å². The van der Waals surface area contributed by atoms with E-state index in [0.29, 0.717) is 17.4 Å². The van der Waals surface area contributed by atoms with Crippen molar-refractivity contribution in [2.75, 3.05) is 26.2 Å². The number of hydrogen-bond acceptors (Lipinski definition) is 3. The normalized spacial score (nSPS) is 20.4. The number of amides is 2. The van der Waals surface area contributed by atoms with Crippen LogP contribution in [0.2, 0.25) is 0 Å². The number of likely N-dealkylation sites (tertiary alicyclic amines) is 1. The smallest absolute Gasteiger partial charge is 0.251 e. The first-order chi connectivity index (χ1) is 14.4. The van der Waals surface area contributed by atoms with Crippen LogP contribution in [0.4, 0.5) is 0 Å². The zero-order valence-electron chi connectivity index (χ0n) is 18.2. The van der Waals surface area contributed by atoms with Crippen LogP contribution in [0.1, 0.15) is 37.6 Å². The average molecular weight is 408 g/mol. The summed E-state index contributed by atoms with van der Waals surface area (Å²) in [6, 6.07) is 17.5. The molecule has 1 aliphatic rings. The topological polar surface area (TPSA) is 61.4 Å². The molecule has 0 saturated carbocycles. The number of piperidine rings is 1. The summed E-state index contributed by atoms with van der Waals surface area (Å²) in [5.74, 6) is 0.999. The molecule has 0 aliphatic carbocycles. The Morgan fingerprint density at radius 1 is 0.967 bits per heavy atom. The first-order valence-corrected chi connectivity index (χ1v) is 10.9. The Morgan fingerprint density at radius 2 is 1.57 bits per heavy atom. The highest BCUT2D eigenvalue weighted by Gasteiger charge is 2.23. The van der Waals surface area contributed by atoms with E-state index in [1.54, 1.807) is 12.1 Å². The summed E-state index contributed by atoms with van der Waals surface area (Å²) < 4.78 is 0. The van der Waals surface area contributed by atoms with Crippen LogP contribution in [0.3, 0.4) is 0 Å². The number of carbonyl (C=O) groups excluding carboxylic acids is 2. The molecule has 3 rings (SSSR count). The fraction of sp³-hybridized carbons (Fsp3) is 0.440. The Kier molecular flexibility index (Phi) is 7.63. The summed E-state index contributed by atoms with van der Waals surface area (Å²) in [5.41, 5.74) is 2.71. The highest BCUT2D eigenvalue weighted by atomic mass is 16.2. The maximum atomic E-state index is 12.4. The van der Waals surface area contributed by atoms with E-state index in [9.17, 15) is 9.59 Å². The van der Waals surface area contributed by atoms with Crippen LogP contribution in [-0.4, -0.2) is 48.9 Å². The standard InChI is InChI=1S/C25H33N3O2/c1-18-13-19(2)16-28(15-18)17-20(3)27-24(29)14-26-25(30)23-11-9-22(10-12-23)21-7-5-4-6-8-21/h4-12,18-20H,13-17H2,1-3H3,(H,26,30)(H,27,29). The van der Waals surface area contributed by atoms with Crippen molar-refractivity contribution in [1.29, 1.82) is 0 Å². The van der Waals surface area contributed by atoms with Gasteiger partial charge in [-0.25, -0.2) is 0 Å². The van der Waals surface area contributed by atoms with Crippen LogP contribution in [0.5, 0.6) is 0 Å². The van der Waals surface area contributed by atoms with Crippen LogP contribution in [0.25, 0.3) is 11.1 Å². The fourth-order valence-corrected chi connectivity index (χ4v) is 4.41. The van der Waals surface area contributed by atoms with Gasteiger partial charge in [0, 0.05) is 31.2 Å². The second-order valence-electron chi connectivity index (χ2n) is 8.76. The molecule has 3 unspecified atom stereocenters. The average Bonchev–Trinajstić information content (AvgIpc) is 2.72. The van der Waals surface area contributed by atoms with Gasteiger partial charge in [0.1, 0.15) is 0 Å². The molecule has 2 aromatic rings. The van der Waals surface area contributed by atoms with Crippen LogP contribution in [0.15, 0.2) is 54.6 Å². The molecule has 1 heterocycles. The van der Waals surface area contributed by atoms with Crippen molar-refractivity contribution in [3.8, 4) is 11.1 Å². The fourth-order valence-electron chi connectivity index (χ4n) is 4.41. The molecule has 5 nitrogen and oxygen atoms in total. The molecule has 2 amide bonds. The van der Waals surface area contributed by atoms with Crippen molar-refractivity contribution < 1.29 is 9.59 Å². The summed E-state index contributed by atoms with van der Waals surface area (Å²) >= 11 is 0. The molecule has 2 aromatic carbocycles. The quantitative estimate of drug-likeness (QED) is 0.738. The van der Waals surface area contributed by atoms with Gasteiger partial charge >= 0.3 is 0 Å². The minimum atomic E-state index is -0.240. The molecule has 1 fully saturated rings. The maximum Gasteiger partial charge on any atom is 0.251 e. The Hall–Kier alpha value is -2.66. The van der Waals surface area contributed by atoms with Gasteiger partial charge in [0.05, 0.1) is 6.54 Å². The summed E-state index contributed by atoms with van der Waals surface area (Å²) in [4.78, 5) is 27.1. The lowest BCUT2D eigenvalue weighted by Crippen LogP contribution is -2.48. The molecule has 0 radical (unpaired) electrons. The molecule has 160 valence electrons. The molecule has 3 atom stereocenters. The maximum absolute atomic E-state index is 12.4. The third-order valence-corrected chi connectivity index (χ3v) is 5.55. The van der Waals surface area contributed by atoms with Gasteiger partial charge in [0.25, 0.3) is 5.91 Å². The Balaban J connectivity index is 1.43. The molecule has 5 heteroatoms. The minimum absolute atomic E-state index is 0.0174. The van der Waals surface area contributed by atoms with Crippen LogP contribution >= 0.6 is 0 Å². The second-order valence-corrected chi connectivity index (χ2v) is 8.76. The predicted molar refractivity (Wildman–Crippen MR) is 121 cm³/mol. The van der Waals surface area contributed by atoms with Gasteiger partial charge in [-0.05, 0) is 48.4 Å². The molecular formula is C25H33N3O2. The third-order valence-electron chi connectivity index (χ3n) is 5.55. The van der Waals surface area contributed by atoms with Crippen molar-refractivity contribution >= 4 is 11.8 Å². The van der Waals surface area contributed by atoms with Crippen LogP contribution < -0.4 is 10.6 Å². The Labute approximate surface area is 179 Å². The Morgan fingerprint density at radius 3 is 2.20 bits per heavy atom. The van der Waals surface area contributed by atoms with Crippen molar-refractivity contribution in [2.24, 2.45) is 11.8 Å². The molecular weight excluding hydrogens is 374 g/mol. The SMILES string of the molecule is CC1CC(C)CN(CC(C)NC(=O)CNC(=O)c2ccc(-c3ccccc3)cc2)C1. The first kappa shape index (κ1) is 22.0. The molecule has 0 bridgehead atoms. The Bertz CT molecular complexity index is 825.